The van der Waals surface area contributed by atoms with Crippen molar-refractivity contribution in [1.82, 2.24) is 0 Å². The van der Waals surface area contributed by atoms with E-state index in [4.69, 9.17) is 23.7 Å². The van der Waals surface area contributed by atoms with Gasteiger partial charge in [0.25, 0.3) is 5.91 Å². The maximum Gasteiger partial charge on any atom is 0.307 e. The normalized spacial score (nSPS) is 10.9. The number of ether oxygens (including phenoxy) is 5. The molecule has 10 heteroatoms. The van der Waals surface area contributed by atoms with Crippen LogP contribution in [0, 0.1) is 11.3 Å². The molecule has 39 heavy (non-hydrogen) atoms. The van der Waals surface area contributed by atoms with E-state index in [-0.39, 0.29) is 29.8 Å². The zero-order valence-electron chi connectivity index (χ0n) is 22.0. The fourth-order valence-electron chi connectivity index (χ4n) is 3.74. The van der Waals surface area contributed by atoms with Gasteiger partial charge in [-0.05, 0) is 42.5 Å². The highest BCUT2D eigenvalue weighted by atomic mass is 16.5. The summed E-state index contributed by atoms with van der Waals surface area (Å²) in [5.74, 6) is -0.132. The molecule has 3 aromatic rings. The number of rotatable bonds is 12. The molecule has 3 rings (SSSR count). The van der Waals surface area contributed by atoms with Crippen LogP contribution < -0.4 is 24.3 Å². The molecule has 1 atom stereocenters. The number of carbonyl (C=O) groups is 3. The van der Waals surface area contributed by atoms with Crippen LogP contribution in [0.4, 0.5) is 5.69 Å². The van der Waals surface area contributed by atoms with Gasteiger partial charge in [0.2, 0.25) is 6.10 Å². The zero-order valence-corrected chi connectivity index (χ0v) is 22.0. The molecule has 0 radical (unpaired) electrons. The number of ketones is 1. The van der Waals surface area contributed by atoms with Gasteiger partial charge in [0.1, 0.15) is 11.5 Å². The Bertz CT molecular complexity index is 1400. The Morgan fingerprint density at radius 3 is 2.21 bits per heavy atom. The number of amides is 1. The molecule has 1 amide bonds. The van der Waals surface area contributed by atoms with Crippen LogP contribution in [0.5, 0.6) is 23.0 Å². The zero-order chi connectivity index (χ0) is 28.4. The molecule has 10 nitrogen and oxygen atoms in total. The third kappa shape index (κ3) is 7.26. The molecule has 0 aliphatic rings. The molecule has 0 spiro atoms. The van der Waals surface area contributed by atoms with Gasteiger partial charge in [-0.15, -0.1) is 0 Å². The quantitative estimate of drug-likeness (QED) is 0.265. The monoisotopic (exact) mass is 532 g/mol. The molecule has 0 aromatic heterocycles. The van der Waals surface area contributed by atoms with Gasteiger partial charge in [-0.3, -0.25) is 14.4 Å². The average molecular weight is 533 g/mol. The molecular formula is C29H28N2O8. The molecule has 0 saturated heterocycles. The van der Waals surface area contributed by atoms with Gasteiger partial charge in [-0.25, -0.2) is 0 Å². The van der Waals surface area contributed by atoms with Gasteiger partial charge < -0.3 is 29.0 Å². The second-order valence-electron chi connectivity index (χ2n) is 8.16. The van der Waals surface area contributed by atoms with Crippen LogP contribution in [-0.4, -0.2) is 46.1 Å². The van der Waals surface area contributed by atoms with Crippen molar-refractivity contribution in [3.8, 4) is 29.1 Å². The number of nitriles is 1. The van der Waals surface area contributed by atoms with Crippen molar-refractivity contribution < 1.29 is 38.1 Å². The smallest absolute Gasteiger partial charge is 0.307 e. The molecule has 3 aromatic carbocycles. The number of anilines is 1. The van der Waals surface area contributed by atoms with Gasteiger partial charge in [-0.1, -0.05) is 12.1 Å². The SMILES string of the molecule is COc1ccc(OC)c(C(=O)CCC(=O)OC(C(=O)Nc2ccc(OC)c(OC)c2)c2cccc(C#N)c2)c1. The number of hydrogen-bond acceptors (Lipinski definition) is 9. The summed E-state index contributed by atoms with van der Waals surface area (Å²) in [6.45, 7) is 0. The van der Waals surface area contributed by atoms with Crippen molar-refractivity contribution in [1.29, 1.82) is 5.26 Å². The van der Waals surface area contributed by atoms with E-state index < -0.39 is 18.0 Å². The fourth-order valence-corrected chi connectivity index (χ4v) is 3.74. The summed E-state index contributed by atoms with van der Waals surface area (Å²) in [5, 5.41) is 12.0. The van der Waals surface area contributed by atoms with E-state index in [2.05, 4.69) is 5.32 Å². The minimum absolute atomic E-state index is 0.190. The van der Waals surface area contributed by atoms with E-state index in [0.717, 1.165) is 0 Å². The van der Waals surface area contributed by atoms with Crippen molar-refractivity contribution in [2.75, 3.05) is 33.8 Å². The highest BCUT2D eigenvalue weighted by Crippen LogP contribution is 2.31. The predicted octanol–water partition coefficient (Wildman–Crippen LogP) is 4.48. The van der Waals surface area contributed by atoms with Crippen molar-refractivity contribution in [3.63, 3.8) is 0 Å². The van der Waals surface area contributed by atoms with Crippen LogP contribution in [0.1, 0.15) is 40.4 Å². The van der Waals surface area contributed by atoms with E-state index in [9.17, 15) is 19.6 Å². The second-order valence-corrected chi connectivity index (χ2v) is 8.16. The van der Waals surface area contributed by atoms with E-state index in [1.807, 2.05) is 6.07 Å². The molecule has 0 aliphatic heterocycles. The lowest BCUT2D eigenvalue weighted by atomic mass is 10.0. The Labute approximate surface area is 226 Å². The van der Waals surface area contributed by atoms with E-state index in [1.165, 1.54) is 40.6 Å². The molecule has 0 fully saturated rings. The Balaban J connectivity index is 1.79. The molecular weight excluding hydrogens is 504 g/mol. The van der Waals surface area contributed by atoms with Crippen LogP contribution in [0.2, 0.25) is 0 Å². The molecule has 1 unspecified atom stereocenters. The fraction of sp³-hybridized carbons (Fsp3) is 0.241. The molecule has 202 valence electrons. The largest absolute Gasteiger partial charge is 0.497 e. The van der Waals surface area contributed by atoms with Gasteiger partial charge in [0.05, 0.1) is 52.1 Å². The topological polar surface area (TPSA) is 133 Å². The maximum absolute atomic E-state index is 13.3. The number of carbonyl (C=O) groups excluding carboxylic acids is 3. The van der Waals surface area contributed by atoms with Crippen LogP contribution in [0.25, 0.3) is 0 Å². The predicted molar refractivity (Wildman–Crippen MR) is 141 cm³/mol. The number of benzene rings is 3. The third-order valence-electron chi connectivity index (χ3n) is 5.72. The number of esters is 1. The average Bonchev–Trinajstić information content (AvgIpc) is 2.97. The number of hydrogen-bond donors (Lipinski definition) is 1. The number of nitrogens with zero attached hydrogens (tertiary/aromatic N) is 1. The molecule has 0 heterocycles. The van der Waals surface area contributed by atoms with Crippen LogP contribution in [-0.2, 0) is 14.3 Å². The summed E-state index contributed by atoms with van der Waals surface area (Å²) in [7, 11) is 5.86. The maximum atomic E-state index is 13.3. The first-order chi connectivity index (χ1) is 18.8. The molecule has 0 aliphatic carbocycles. The second kappa shape index (κ2) is 13.5. The van der Waals surface area contributed by atoms with E-state index >= 15 is 0 Å². The molecule has 1 N–H and O–H groups in total. The van der Waals surface area contributed by atoms with Crippen molar-refractivity contribution >= 4 is 23.3 Å². The lowest BCUT2D eigenvalue weighted by Gasteiger charge is -2.19. The summed E-state index contributed by atoms with van der Waals surface area (Å²) in [5.41, 5.74) is 1.21. The number of nitrogens with one attached hydrogen (secondary N) is 1. The Kier molecular flexibility index (Phi) is 9.87. The summed E-state index contributed by atoms with van der Waals surface area (Å²) in [6.07, 6.45) is -1.87. The van der Waals surface area contributed by atoms with Crippen molar-refractivity contribution in [2.24, 2.45) is 0 Å². The van der Waals surface area contributed by atoms with E-state index in [1.54, 1.807) is 48.5 Å². The van der Waals surface area contributed by atoms with Gasteiger partial charge >= 0.3 is 5.97 Å². The summed E-state index contributed by atoms with van der Waals surface area (Å²) in [4.78, 5) is 38.9. The van der Waals surface area contributed by atoms with Crippen molar-refractivity contribution in [3.05, 3.63) is 77.4 Å². The molecule has 0 bridgehead atoms. The van der Waals surface area contributed by atoms with Gasteiger partial charge in [0.15, 0.2) is 17.3 Å². The highest BCUT2D eigenvalue weighted by Gasteiger charge is 2.27. The van der Waals surface area contributed by atoms with Crippen molar-refractivity contribution in [2.45, 2.75) is 18.9 Å². The lowest BCUT2D eigenvalue weighted by molar-refractivity contribution is -0.154. The third-order valence-corrected chi connectivity index (χ3v) is 5.72. The summed E-state index contributed by atoms with van der Waals surface area (Å²) >= 11 is 0. The Hall–Kier alpha value is -5.04. The summed E-state index contributed by atoms with van der Waals surface area (Å²) < 4.78 is 26.4. The van der Waals surface area contributed by atoms with Crippen LogP contribution in [0.15, 0.2) is 60.7 Å². The van der Waals surface area contributed by atoms with E-state index in [0.29, 0.717) is 34.2 Å². The van der Waals surface area contributed by atoms with Gasteiger partial charge in [0, 0.05) is 23.7 Å². The molecule has 0 saturated carbocycles. The Morgan fingerprint density at radius 2 is 1.54 bits per heavy atom. The van der Waals surface area contributed by atoms with Crippen LogP contribution in [0.3, 0.4) is 0 Å². The Morgan fingerprint density at radius 1 is 0.821 bits per heavy atom. The lowest BCUT2D eigenvalue weighted by Crippen LogP contribution is -2.26. The minimum Gasteiger partial charge on any atom is -0.497 e. The number of methoxy groups -OCH3 is 4. The first kappa shape index (κ1) is 28.5. The summed E-state index contributed by atoms with van der Waals surface area (Å²) in [6, 6.07) is 17.7. The standard InChI is InChI=1S/C29H28N2O8/c1-35-21-9-12-24(36-2)22(16-21)23(32)10-13-27(33)39-28(19-7-5-6-18(14-19)17-30)29(34)31-20-8-11-25(37-3)26(15-20)38-4/h5-9,11-12,14-16,28H,10,13H2,1-4H3,(H,31,34). The first-order valence-corrected chi connectivity index (χ1v) is 11.8. The van der Waals surface area contributed by atoms with Crippen LogP contribution >= 0.6 is 0 Å². The minimum atomic E-state index is -1.39. The number of Topliss-reactive ketones (excluding diaryl/α,β-unsaturated/α-hetero) is 1. The van der Waals surface area contributed by atoms with Gasteiger partial charge in [-0.2, -0.15) is 5.26 Å². The highest BCUT2D eigenvalue weighted by molar-refractivity contribution is 6.01. The first-order valence-electron chi connectivity index (χ1n) is 11.8.